The summed E-state index contributed by atoms with van der Waals surface area (Å²) < 4.78 is 28.7. The van der Waals surface area contributed by atoms with Gasteiger partial charge in [-0.25, -0.2) is 0 Å². The van der Waals surface area contributed by atoms with E-state index in [1.54, 1.807) is 6.07 Å². The van der Waals surface area contributed by atoms with Crippen LogP contribution in [0.5, 0.6) is 5.75 Å². The average Bonchev–Trinajstić information content (AvgIpc) is 2.14. The molecule has 0 unspecified atom stereocenters. The van der Waals surface area contributed by atoms with Gasteiger partial charge in [0.25, 0.3) is 0 Å². The van der Waals surface area contributed by atoms with Crippen molar-refractivity contribution in [3.63, 3.8) is 0 Å². The number of hydrogen-bond donors (Lipinski definition) is 1. The molecule has 82 valence electrons. The molecule has 0 radical (unpaired) electrons. The Hall–Kier alpha value is -1.36. The predicted octanol–water partition coefficient (Wildman–Crippen LogP) is 3.05. The molecule has 0 heterocycles. The fourth-order valence-corrected chi connectivity index (χ4v) is 1.07. The molecule has 0 saturated carbocycles. The van der Waals surface area contributed by atoms with Crippen molar-refractivity contribution in [1.82, 2.24) is 0 Å². The van der Waals surface area contributed by atoms with Gasteiger partial charge in [-0.2, -0.15) is 0 Å². The Morgan fingerprint density at radius 2 is 2.20 bits per heavy atom. The molecule has 0 bridgehead atoms. The molecule has 0 aliphatic carbocycles. The van der Waals surface area contributed by atoms with Crippen LogP contribution in [0.15, 0.2) is 29.4 Å². The summed E-state index contributed by atoms with van der Waals surface area (Å²) >= 11 is 4.60. The fourth-order valence-electron chi connectivity index (χ4n) is 0.976. The zero-order valence-electron chi connectivity index (χ0n) is 7.75. The van der Waals surface area contributed by atoms with Crippen molar-refractivity contribution in [1.29, 1.82) is 0 Å². The zero-order valence-corrected chi connectivity index (χ0v) is 8.50. The number of halogens is 3. The minimum absolute atomic E-state index is 0.101. The number of alkyl halides is 3. The third-order valence-corrected chi connectivity index (χ3v) is 1.71. The largest absolute Gasteiger partial charge is 0.487 e. The van der Waals surface area contributed by atoms with E-state index in [4.69, 9.17) is 5.21 Å². The number of rotatable bonds is 3. The van der Waals surface area contributed by atoms with E-state index >= 15 is 0 Å². The lowest BCUT2D eigenvalue weighted by Gasteiger charge is -2.10. The molecule has 0 atom stereocenters. The number of nitrogens with zero attached hydrogens (tertiary/aromatic N) is 1. The van der Waals surface area contributed by atoms with Crippen molar-refractivity contribution >= 4 is 17.3 Å². The van der Waals surface area contributed by atoms with Gasteiger partial charge in [0.05, 0.1) is 5.71 Å². The Labute approximate surface area is 89.9 Å². The van der Waals surface area contributed by atoms with Gasteiger partial charge < -0.3 is 9.94 Å². The van der Waals surface area contributed by atoms with Gasteiger partial charge in [0, 0.05) is 17.2 Å². The summed E-state index contributed by atoms with van der Waals surface area (Å²) in [6, 6.07) is 5.70. The number of oxime groups is 1. The van der Waals surface area contributed by atoms with Crippen LogP contribution in [0.4, 0.5) is 8.78 Å². The van der Waals surface area contributed by atoms with Crippen molar-refractivity contribution in [2.24, 2.45) is 5.16 Å². The predicted molar refractivity (Wildman–Crippen MR) is 51.9 cm³/mol. The van der Waals surface area contributed by atoms with E-state index in [-0.39, 0.29) is 5.75 Å². The molecule has 1 rings (SSSR count). The summed E-state index contributed by atoms with van der Waals surface area (Å²) in [5, 5.41) is 11.4. The van der Waals surface area contributed by atoms with Crippen LogP contribution in [-0.4, -0.2) is 16.5 Å². The molecule has 1 aromatic rings. The van der Waals surface area contributed by atoms with Crippen LogP contribution in [0.3, 0.4) is 0 Å². The van der Waals surface area contributed by atoms with Crippen molar-refractivity contribution < 1.29 is 18.7 Å². The second-order valence-electron chi connectivity index (χ2n) is 2.76. The van der Waals surface area contributed by atoms with E-state index in [1.165, 1.54) is 25.1 Å². The van der Waals surface area contributed by atoms with E-state index in [2.05, 4.69) is 21.5 Å². The molecule has 0 spiro atoms. The van der Waals surface area contributed by atoms with E-state index in [0.29, 0.717) is 11.3 Å². The first-order valence-corrected chi connectivity index (χ1v) is 4.35. The Morgan fingerprint density at radius 3 is 2.73 bits per heavy atom. The summed E-state index contributed by atoms with van der Waals surface area (Å²) in [6.45, 7) is 1.53. The van der Waals surface area contributed by atoms with Crippen LogP contribution in [-0.2, 0) is 0 Å². The maximum absolute atomic E-state index is 12.3. The second kappa shape index (κ2) is 4.44. The molecule has 0 aromatic heterocycles. The van der Waals surface area contributed by atoms with Crippen LogP contribution >= 0.6 is 11.6 Å². The Bertz CT molecular complexity index is 377. The van der Waals surface area contributed by atoms with Crippen LogP contribution in [0.2, 0.25) is 0 Å². The normalized spacial score (nSPS) is 12.7. The van der Waals surface area contributed by atoms with Gasteiger partial charge >= 0.3 is 5.57 Å². The first-order valence-electron chi connectivity index (χ1n) is 3.97. The number of ether oxygens (including phenoxy) is 1. The molecular weight excluding hydrogens is 228 g/mol. The lowest BCUT2D eigenvalue weighted by Crippen LogP contribution is -2.15. The highest BCUT2D eigenvalue weighted by atomic mass is 35.5. The molecule has 6 heteroatoms. The number of benzene rings is 1. The average molecular weight is 236 g/mol. The molecule has 0 saturated heterocycles. The first kappa shape index (κ1) is 11.7. The van der Waals surface area contributed by atoms with Gasteiger partial charge in [0.1, 0.15) is 5.75 Å². The summed E-state index contributed by atoms with van der Waals surface area (Å²) in [5.41, 5.74) is -2.99. The first-order chi connectivity index (χ1) is 6.92. The van der Waals surface area contributed by atoms with Crippen molar-refractivity contribution in [2.45, 2.75) is 12.5 Å². The SMILES string of the molecule is CC(=NO)c1cccc(OC(F)(F)Cl)c1. The van der Waals surface area contributed by atoms with Crippen LogP contribution in [0.1, 0.15) is 12.5 Å². The smallest absolute Gasteiger partial charge is 0.420 e. The monoisotopic (exact) mass is 235 g/mol. The van der Waals surface area contributed by atoms with Gasteiger partial charge in [-0.1, -0.05) is 17.3 Å². The van der Waals surface area contributed by atoms with Gasteiger partial charge in [-0.15, -0.1) is 8.78 Å². The molecule has 1 aromatic carbocycles. The fraction of sp³-hybridized carbons (Fsp3) is 0.222. The van der Waals surface area contributed by atoms with Gasteiger partial charge in [-0.3, -0.25) is 0 Å². The molecule has 3 nitrogen and oxygen atoms in total. The van der Waals surface area contributed by atoms with Gasteiger partial charge in [-0.05, 0) is 19.1 Å². The van der Waals surface area contributed by atoms with Crippen LogP contribution in [0.25, 0.3) is 0 Å². The van der Waals surface area contributed by atoms with Crippen LogP contribution in [0, 0.1) is 0 Å². The third kappa shape index (κ3) is 3.71. The Balaban J connectivity index is 2.93. The maximum atomic E-state index is 12.3. The number of hydrogen-bond acceptors (Lipinski definition) is 3. The molecular formula is C9H8ClF2NO2. The summed E-state index contributed by atoms with van der Waals surface area (Å²) in [6.07, 6.45) is 0. The molecule has 1 N–H and O–H groups in total. The van der Waals surface area contributed by atoms with Gasteiger partial charge in [0.15, 0.2) is 0 Å². The summed E-state index contributed by atoms with van der Waals surface area (Å²) in [4.78, 5) is 0. The molecule has 0 amide bonds. The lowest BCUT2D eigenvalue weighted by atomic mass is 10.1. The molecule has 0 fully saturated rings. The van der Waals surface area contributed by atoms with E-state index < -0.39 is 5.57 Å². The topological polar surface area (TPSA) is 41.8 Å². The standard InChI is InChI=1S/C9H8ClF2NO2/c1-6(13-14)7-3-2-4-8(5-7)15-9(10,11)12/h2-5,14H,1H3. The van der Waals surface area contributed by atoms with Crippen molar-refractivity contribution in [3.05, 3.63) is 29.8 Å². The molecule has 0 aliphatic rings. The minimum atomic E-state index is -3.75. The highest BCUT2D eigenvalue weighted by Crippen LogP contribution is 2.25. The van der Waals surface area contributed by atoms with E-state index in [0.717, 1.165) is 0 Å². The highest BCUT2D eigenvalue weighted by Gasteiger charge is 2.27. The highest BCUT2D eigenvalue weighted by molar-refractivity contribution is 6.20. The van der Waals surface area contributed by atoms with Crippen molar-refractivity contribution in [2.75, 3.05) is 0 Å². The maximum Gasteiger partial charge on any atom is 0.487 e. The Kier molecular flexibility index (Phi) is 3.47. The Morgan fingerprint density at radius 1 is 1.53 bits per heavy atom. The van der Waals surface area contributed by atoms with E-state index in [1.807, 2.05) is 0 Å². The van der Waals surface area contributed by atoms with Gasteiger partial charge in [0.2, 0.25) is 0 Å². The quantitative estimate of drug-likeness (QED) is 0.379. The molecule has 0 aliphatic heterocycles. The summed E-state index contributed by atoms with van der Waals surface area (Å²) in [5.74, 6) is -0.101. The second-order valence-corrected chi connectivity index (χ2v) is 3.20. The van der Waals surface area contributed by atoms with E-state index in [9.17, 15) is 8.78 Å². The zero-order chi connectivity index (χ0) is 11.5. The van der Waals surface area contributed by atoms with Crippen molar-refractivity contribution in [3.8, 4) is 5.75 Å². The third-order valence-electron chi connectivity index (χ3n) is 1.64. The minimum Gasteiger partial charge on any atom is -0.420 e. The lowest BCUT2D eigenvalue weighted by molar-refractivity contribution is -0.0964. The van der Waals surface area contributed by atoms with Crippen LogP contribution < -0.4 is 4.74 Å². The summed E-state index contributed by atoms with van der Waals surface area (Å²) in [7, 11) is 0. The molecule has 15 heavy (non-hydrogen) atoms.